The van der Waals surface area contributed by atoms with Gasteiger partial charge in [-0.05, 0) is 18.9 Å². The number of nitrogens with zero attached hydrogens (tertiary/aromatic N) is 2. The fourth-order valence-electron chi connectivity index (χ4n) is 2.65. The van der Waals surface area contributed by atoms with Crippen molar-refractivity contribution in [3.05, 3.63) is 54.2 Å². The normalized spacial score (nSPS) is 16.0. The van der Waals surface area contributed by atoms with Crippen molar-refractivity contribution in [2.75, 3.05) is 7.11 Å². The predicted octanol–water partition coefficient (Wildman–Crippen LogP) is 4.11. The topological polar surface area (TPSA) is 26.5 Å². The summed E-state index contributed by atoms with van der Waals surface area (Å²) in [4.78, 5) is 4.33. The lowest BCUT2D eigenvalue weighted by atomic mass is 10.1. The van der Waals surface area contributed by atoms with E-state index in [1.54, 1.807) is 41.1 Å². The number of benzene rings is 1. The molecule has 1 fully saturated rings. The molecule has 0 saturated heterocycles. The molecule has 1 saturated carbocycles. The standard InChI is InChI=1S/C17H14F2N2O/c1-22-14-8-16-20-15(17(19)6-7-17)10-21(16)9-12(14)11-4-2-3-5-13(11)18/h2-5,8-10H,6-7H2,1H3. The Kier molecular flexibility index (Phi) is 2.73. The molecule has 112 valence electrons. The van der Waals surface area contributed by atoms with Gasteiger partial charge in [0.2, 0.25) is 0 Å². The first kappa shape index (κ1) is 13.2. The van der Waals surface area contributed by atoms with Crippen LogP contribution in [-0.4, -0.2) is 16.5 Å². The van der Waals surface area contributed by atoms with Crippen molar-refractivity contribution in [1.29, 1.82) is 0 Å². The molecule has 1 aliphatic rings. The van der Waals surface area contributed by atoms with E-state index in [1.165, 1.54) is 13.2 Å². The quantitative estimate of drug-likeness (QED) is 0.728. The van der Waals surface area contributed by atoms with Gasteiger partial charge in [-0.25, -0.2) is 13.8 Å². The second kappa shape index (κ2) is 4.53. The number of alkyl halides is 1. The van der Waals surface area contributed by atoms with Crippen molar-refractivity contribution in [2.45, 2.75) is 18.5 Å². The third-order valence-electron chi connectivity index (χ3n) is 4.09. The Hall–Kier alpha value is -2.43. The van der Waals surface area contributed by atoms with Gasteiger partial charge in [0, 0.05) is 29.6 Å². The first-order valence-electron chi connectivity index (χ1n) is 7.12. The van der Waals surface area contributed by atoms with Crippen LogP contribution in [0.1, 0.15) is 18.5 Å². The van der Waals surface area contributed by atoms with Crippen LogP contribution in [0.3, 0.4) is 0 Å². The summed E-state index contributed by atoms with van der Waals surface area (Å²) in [7, 11) is 1.53. The first-order chi connectivity index (χ1) is 10.6. The molecule has 2 heterocycles. The summed E-state index contributed by atoms with van der Waals surface area (Å²) in [5.41, 5.74) is 0.784. The molecule has 0 aliphatic heterocycles. The molecule has 1 aromatic carbocycles. The maximum atomic E-state index is 14.2. The summed E-state index contributed by atoms with van der Waals surface area (Å²) in [5, 5.41) is 0. The molecule has 0 radical (unpaired) electrons. The lowest BCUT2D eigenvalue weighted by molar-refractivity contribution is 0.310. The van der Waals surface area contributed by atoms with E-state index < -0.39 is 5.67 Å². The maximum absolute atomic E-state index is 14.2. The molecule has 0 atom stereocenters. The smallest absolute Gasteiger partial charge is 0.154 e. The van der Waals surface area contributed by atoms with E-state index in [9.17, 15) is 8.78 Å². The molecule has 22 heavy (non-hydrogen) atoms. The van der Waals surface area contributed by atoms with E-state index in [0.29, 0.717) is 41.1 Å². The molecule has 0 unspecified atom stereocenters. The molecule has 1 aliphatic carbocycles. The zero-order chi connectivity index (χ0) is 15.3. The minimum absolute atomic E-state index is 0.329. The van der Waals surface area contributed by atoms with Crippen LogP contribution in [0.5, 0.6) is 5.75 Å². The van der Waals surface area contributed by atoms with Gasteiger partial charge in [0.1, 0.15) is 17.2 Å². The number of aromatic nitrogens is 2. The fraction of sp³-hybridized carbons (Fsp3) is 0.235. The number of hydrogen-bond acceptors (Lipinski definition) is 2. The number of ether oxygens (including phenoxy) is 1. The Balaban J connectivity index is 1.92. The number of imidazole rings is 1. The zero-order valence-corrected chi connectivity index (χ0v) is 12.0. The van der Waals surface area contributed by atoms with Crippen molar-refractivity contribution < 1.29 is 13.5 Å². The molecule has 0 amide bonds. The van der Waals surface area contributed by atoms with Gasteiger partial charge in [0.15, 0.2) is 5.67 Å². The zero-order valence-electron chi connectivity index (χ0n) is 12.0. The maximum Gasteiger partial charge on any atom is 0.154 e. The van der Waals surface area contributed by atoms with Gasteiger partial charge in [-0.2, -0.15) is 0 Å². The second-order valence-corrected chi connectivity index (χ2v) is 5.59. The number of fused-ring (bicyclic) bond motifs is 1. The minimum Gasteiger partial charge on any atom is -0.496 e. The minimum atomic E-state index is -1.29. The Morgan fingerprint density at radius 3 is 2.64 bits per heavy atom. The average molecular weight is 300 g/mol. The van der Waals surface area contributed by atoms with Crippen LogP contribution in [0, 0.1) is 5.82 Å². The summed E-state index contributed by atoms with van der Waals surface area (Å²) in [6.07, 6.45) is 4.42. The van der Waals surface area contributed by atoms with Gasteiger partial charge in [0.05, 0.1) is 12.8 Å². The number of hydrogen-bond donors (Lipinski definition) is 0. The molecular formula is C17H14F2N2O. The highest BCUT2D eigenvalue weighted by Gasteiger charge is 2.47. The van der Waals surface area contributed by atoms with Crippen LogP contribution >= 0.6 is 0 Å². The van der Waals surface area contributed by atoms with Crippen LogP contribution in [0.4, 0.5) is 8.78 Å². The summed E-state index contributed by atoms with van der Waals surface area (Å²) in [6, 6.07) is 8.20. The molecule has 3 nitrogen and oxygen atoms in total. The predicted molar refractivity (Wildman–Crippen MR) is 79.2 cm³/mol. The Labute approximate surface area is 126 Å². The number of rotatable bonds is 3. The third kappa shape index (κ3) is 1.96. The summed E-state index contributed by atoms with van der Waals surface area (Å²) in [6.45, 7) is 0. The van der Waals surface area contributed by atoms with Crippen molar-refractivity contribution in [3.8, 4) is 16.9 Å². The molecule has 0 spiro atoms. The molecule has 3 aromatic rings. The van der Waals surface area contributed by atoms with Crippen LogP contribution < -0.4 is 4.74 Å². The van der Waals surface area contributed by atoms with Gasteiger partial charge >= 0.3 is 0 Å². The van der Waals surface area contributed by atoms with E-state index in [4.69, 9.17) is 4.74 Å². The van der Waals surface area contributed by atoms with E-state index in [1.807, 2.05) is 0 Å². The van der Waals surface area contributed by atoms with Crippen LogP contribution in [0.2, 0.25) is 0 Å². The van der Waals surface area contributed by atoms with Crippen LogP contribution in [0.15, 0.2) is 42.7 Å². The molecule has 0 N–H and O–H groups in total. The van der Waals surface area contributed by atoms with Gasteiger partial charge in [0.25, 0.3) is 0 Å². The second-order valence-electron chi connectivity index (χ2n) is 5.59. The van der Waals surface area contributed by atoms with E-state index >= 15 is 0 Å². The Bertz CT molecular complexity index is 868. The molecule has 2 aromatic heterocycles. The third-order valence-corrected chi connectivity index (χ3v) is 4.09. The van der Waals surface area contributed by atoms with Gasteiger partial charge in [-0.3, -0.25) is 0 Å². The summed E-state index contributed by atoms with van der Waals surface area (Å²) < 4.78 is 35.3. The molecule has 4 rings (SSSR count). The number of halogens is 2. The molecule has 5 heteroatoms. The number of pyridine rings is 1. The highest BCUT2D eigenvalue weighted by Crippen LogP contribution is 2.49. The summed E-state index contributed by atoms with van der Waals surface area (Å²) >= 11 is 0. The van der Waals surface area contributed by atoms with Gasteiger partial charge in [-0.1, -0.05) is 18.2 Å². The Morgan fingerprint density at radius 1 is 1.18 bits per heavy atom. The van der Waals surface area contributed by atoms with Crippen LogP contribution in [0.25, 0.3) is 16.8 Å². The summed E-state index contributed by atoms with van der Waals surface area (Å²) in [5.74, 6) is 0.183. The average Bonchev–Trinajstić information content (AvgIpc) is 3.13. The number of methoxy groups -OCH3 is 1. The fourth-order valence-corrected chi connectivity index (χ4v) is 2.65. The van der Waals surface area contributed by atoms with Crippen molar-refractivity contribution in [2.24, 2.45) is 0 Å². The van der Waals surface area contributed by atoms with Crippen molar-refractivity contribution >= 4 is 5.65 Å². The van der Waals surface area contributed by atoms with Crippen molar-refractivity contribution in [1.82, 2.24) is 9.38 Å². The van der Waals surface area contributed by atoms with E-state index in [0.717, 1.165) is 0 Å². The SMILES string of the molecule is COc1cc2nc(C3(F)CC3)cn2cc1-c1ccccc1F. The van der Waals surface area contributed by atoms with E-state index in [2.05, 4.69) is 4.98 Å². The largest absolute Gasteiger partial charge is 0.496 e. The monoisotopic (exact) mass is 300 g/mol. The van der Waals surface area contributed by atoms with Crippen LogP contribution in [-0.2, 0) is 5.67 Å². The Morgan fingerprint density at radius 2 is 1.95 bits per heavy atom. The lowest BCUT2D eigenvalue weighted by Crippen LogP contribution is -1.96. The van der Waals surface area contributed by atoms with E-state index in [-0.39, 0.29) is 5.82 Å². The molecular weight excluding hydrogens is 286 g/mol. The lowest BCUT2D eigenvalue weighted by Gasteiger charge is -2.10. The first-order valence-corrected chi connectivity index (χ1v) is 7.12. The molecule has 0 bridgehead atoms. The highest BCUT2D eigenvalue weighted by atomic mass is 19.1. The van der Waals surface area contributed by atoms with Crippen molar-refractivity contribution in [3.63, 3.8) is 0 Å². The van der Waals surface area contributed by atoms with Gasteiger partial charge < -0.3 is 9.14 Å². The van der Waals surface area contributed by atoms with Gasteiger partial charge in [-0.15, -0.1) is 0 Å². The highest BCUT2D eigenvalue weighted by molar-refractivity contribution is 5.72.